The van der Waals surface area contributed by atoms with E-state index < -0.39 is 8.80 Å². The van der Waals surface area contributed by atoms with Crippen molar-refractivity contribution < 1.29 is 22.8 Å². The average molecular weight is 276 g/mol. The molecule has 18 heavy (non-hydrogen) atoms. The second-order valence-electron chi connectivity index (χ2n) is 4.28. The number of esters is 1. The molecule has 0 aromatic carbocycles. The van der Waals surface area contributed by atoms with Gasteiger partial charge in [-0.3, -0.25) is 0 Å². The predicted octanol–water partition coefficient (Wildman–Crippen LogP) is 2.15. The van der Waals surface area contributed by atoms with Crippen molar-refractivity contribution in [2.24, 2.45) is 0 Å². The molecule has 0 bridgehead atoms. The Bertz CT molecular complexity index is 274. The smallest absolute Gasteiger partial charge is 0.462 e. The number of rotatable bonds is 9. The first-order valence-corrected chi connectivity index (χ1v) is 7.91. The summed E-state index contributed by atoms with van der Waals surface area (Å²) < 4.78 is 21.5. The van der Waals surface area contributed by atoms with Crippen molar-refractivity contribution in [1.29, 1.82) is 0 Å². The highest BCUT2D eigenvalue weighted by Crippen LogP contribution is 2.18. The van der Waals surface area contributed by atoms with Crippen LogP contribution in [0.2, 0.25) is 6.04 Å². The Balaban J connectivity index is 4.12. The first kappa shape index (κ1) is 17.3. The van der Waals surface area contributed by atoms with Gasteiger partial charge < -0.3 is 18.0 Å². The van der Waals surface area contributed by atoms with Gasteiger partial charge in [-0.2, -0.15) is 0 Å². The topological polar surface area (TPSA) is 54.0 Å². The van der Waals surface area contributed by atoms with Gasteiger partial charge in [-0.1, -0.05) is 6.58 Å². The first-order chi connectivity index (χ1) is 8.37. The van der Waals surface area contributed by atoms with Crippen LogP contribution in [0.15, 0.2) is 12.2 Å². The van der Waals surface area contributed by atoms with Crippen LogP contribution < -0.4 is 0 Å². The fourth-order valence-electron chi connectivity index (χ4n) is 1.38. The number of carbonyl (C=O) groups excluding carboxylic acids is 1. The molecule has 0 amide bonds. The van der Waals surface area contributed by atoms with Gasteiger partial charge in [-0.15, -0.1) is 0 Å². The molecule has 0 saturated heterocycles. The minimum Gasteiger partial charge on any atom is -0.462 e. The lowest BCUT2D eigenvalue weighted by atomic mass is 10.4. The third kappa shape index (κ3) is 6.30. The Morgan fingerprint density at radius 2 is 1.83 bits per heavy atom. The molecular weight excluding hydrogens is 252 g/mol. The third-order valence-corrected chi connectivity index (χ3v) is 5.29. The minimum absolute atomic E-state index is 0.0366. The fraction of sp³-hybridized carbons (Fsp3) is 0.750. The molecular formula is C12H24O5Si. The average Bonchev–Trinajstić information content (AvgIpc) is 2.32. The quantitative estimate of drug-likeness (QED) is 0.279. The van der Waals surface area contributed by atoms with Gasteiger partial charge in [0.15, 0.2) is 0 Å². The normalized spacial score (nSPS) is 11.7. The van der Waals surface area contributed by atoms with E-state index in [-0.39, 0.29) is 12.1 Å². The Hall–Kier alpha value is -0.693. The molecule has 0 N–H and O–H groups in total. The maximum atomic E-state index is 11.2. The molecule has 0 aromatic rings. The number of hydrogen-bond acceptors (Lipinski definition) is 5. The van der Waals surface area contributed by atoms with E-state index >= 15 is 0 Å². The molecule has 0 fully saturated rings. The van der Waals surface area contributed by atoms with Gasteiger partial charge in [0.05, 0.1) is 6.61 Å². The molecule has 0 atom stereocenters. The summed E-state index contributed by atoms with van der Waals surface area (Å²) in [5, 5.41) is 0. The van der Waals surface area contributed by atoms with Crippen LogP contribution >= 0.6 is 0 Å². The van der Waals surface area contributed by atoms with Crippen LogP contribution in [0, 0.1) is 0 Å². The van der Waals surface area contributed by atoms with Crippen molar-refractivity contribution in [2.75, 3.05) is 20.8 Å². The Morgan fingerprint density at radius 3 is 2.22 bits per heavy atom. The van der Waals surface area contributed by atoms with Crippen LogP contribution in [-0.4, -0.2) is 41.7 Å². The molecule has 0 aliphatic carbocycles. The van der Waals surface area contributed by atoms with E-state index in [1.165, 1.54) is 0 Å². The van der Waals surface area contributed by atoms with Crippen molar-refractivity contribution in [3.05, 3.63) is 12.2 Å². The van der Waals surface area contributed by atoms with Crippen molar-refractivity contribution in [3.63, 3.8) is 0 Å². The summed E-state index contributed by atoms with van der Waals surface area (Å²) in [7, 11) is 0.543. The highest BCUT2D eigenvalue weighted by Gasteiger charge is 2.39. The molecule has 106 valence electrons. The Kier molecular flexibility index (Phi) is 8.09. The van der Waals surface area contributed by atoms with E-state index in [0.717, 1.165) is 0 Å². The monoisotopic (exact) mass is 276 g/mol. The van der Waals surface area contributed by atoms with E-state index in [4.69, 9.17) is 18.0 Å². The third-order valence-electron chi connectivity index (χ3n) is 2.25. The molecule has 0 aliphatic rings. The minimum atomic E-state index is -2.62. The lowest BCUT2D eigenvalue weighted by molar-refractivity contribution is -0.139. The zero-order valence-electron chi connectivity index (χ0n) is 11.9. The summed E-state index contributed by atoms with van der Waals surface area (Å²) in [6, 6.07) is 0.613. The number of carbonyl (C=O) groups is 1. The van der Waals surface area contributed by atoms with Crippen molar-refractivity contribution >= 4 is 14.8 Å². The van der Waals surface area contributed by atoms with Crippen LogP contribution in [0.4, 0.5) is 0 Å². The van der Waals surface area contributed by atoms with Gasteiger partial charge in [0.25, 0.3) is 0 Å². The van der Waals surface area contributed by atoms with Crippen LogP contribution in [-0.2, 0) is 22.8 Å². The van der Waals surface area contributed by atoms with Crippen molar-refractivity contribution in [3.8, 4) is 0 Å². The SMILES string of the molecule is C=C(C)C(=O)OCCC[Si](OC)(OC)OC(C)C. The standard InChI is InChI=1S/C12H24O5Si/c1-10(2)12(13)16-8-7-9-18(14-5,15-6)17-11(3)4/h11H,1,7-9H2,2-6H3. The largest absolute Gasteiger partial charge is 0.500 e. The molecule has 5 nitrogen and oxygen atoms in total. The summed E-state index contributed by atoms with van der Waals surface area (Å²) in [6.45, 7) is 9.31. The van der Waals surface area contributed by atoms with Crippen molar-refractivity contribution in [1.82, 2.24) is 0 Å². The zero-order chi connectivity index (χ0) is 14.2. The van der Waals surface area contributed by atoms with Gasteiger partial charge in [0.1, 0.15) is 0 Å². The first-order valence-electron chi connectivity index (χ1n) is 5.97. The predicted molar refractivity (Wildman–Crippen MR) is 71.2 cm³/mol. The fourth-order valence-corrected chi connectivity index (χ4v) is 3.56. The molecule has 0 unspecified atom stereocenters. The van der Waals surface area contributed by atoms with Gasteiger partial charge >= 0.3 is 14.8 Å². The summed E-state index contributed by atoms with van der Waals surface area (Å²) in [6.07, 6.45) is 0.675. The Morgan fingerprint density at radius 1 is 1.28 bits per heavy atom. The summed E-state index contributed by atoms with van der Waals surface area (Å²) in [5.41, 5.74) is 0.399. The van der Waals surface area contributed by atoms with Crippen molar-refractivity contribution in [2.45, 2.75) is 39.3 Å². The van der Waals surface area contributed by atoms with Crippen LogP contribution in [0.25, 0.3) is 0 Å². The second-order valence-corrected chi connectivity index (χ2v) is 7.20. The molecule has 0 rings (SSSR count). The molecule has 0 heterocycles. The van der Waals surface area contributed by atoms with E-state index in [1.54, 1.807) is 21.1 Å². The molecule has 0 saturated carbocycles. The van der Waals surface area contributed by atoms with Crippen LogP contribution in [0.1, 0.15) is 27.2 Å². The summed E-state index contributed by atoms with van der Waals surface area (Å²) in [4.78, 5) is 11.2. The van der Waals surface area contributed by atoms with Gasteiger partial charge in [0.2, 0.25) is 0 Å². The lowest BCUT2D eigenvalue weighted by Gasteiger charge is -2.28. The highest BCUT2D eigenvalue weighted by molar-refractivity contribution is 6.60. The molecule has 0 aromatic heterocycles. The van der Waals surface area contributed by atoms with Gasteiger partial charge in [-0.25, -0.2) is 4.79 Å². The number of hydrogen-bond donors (Lipinski definition) is 0. The van der Waals surface area contributed by atoms with E-state index in [1.807, 2.05) is 13.8 Å². The maximum absolute atomic E-state index is 11.2. The summed E-state index contributed by atoms with van der Waals surface area (Å²) >= 11 is 0. The van der Waals surface area contributed by atoms with Crippen LogP contribution in [0.5, 0.6) is 0 Å². The maximum Gasteiger partial charge on any atom is 0.500 e. The Labute approximate surface area is 110 Å². The highest BCUT2D eigenvalue weighted by atomic mass is 28.4. The van der Waals surface area contributed by atoms with Gasteiger partial charge in [0, 0.05) is 31.9 Å². The lowest BCUT2D eigenvalue weighted by Crippen LogP contribution is -2.45. The van der Waals surface area contributed by atoms with Gasteiger partial charge in [-0.05, 0) is 27.2 Å². The van der Waals surface area contributed by atoms with E-state index in [2.05, 4.69) is 6.58 Å². The molecule has 0 radical (unpaired) electrons. The molecule has 6 heteroatoms. The summed E-state index contributed by atoms with van der Waals surface area (Å²) in [5.74, 6) is -0.373. The van der Waals surface area contributed by atoms with E-state index in [9.17, 15) is 4.79 Å². The molecule has 0 spiro atoms. The van der Waals surface area contributed by atoms with E-state index in [0.29, 0.717) is 24.6 Å². The zero-order valence-corrected chi connectivity index (χ0v) is 12.9. The second kappa shape index (κ2) is 8.42. The molecule has 0 aliphatic heterocycles. The van der Waals surface area contributed by atoms with Crippen LogP contribution in [0.3, 0.4) is 0 Å². The number of ether oxygens (including phenoxy) is 1.